The number of rotatable bonds is 7. The molecule has 0 saturated heterocycles. The van der Waals surface area contributed by atoms with Gasteiger partial charge in [-0.05, 0) is 30.9 Å². The largest absolute Gasteiger partial charge is 0.508 e. The Kier molecular flexibility index (Phi) is 6.49. The molecule has 1 aromatic rings. The molecule has 15 heavy (non-hydrogen) atoms. The SMILES string of the molecule is Oc1ccccc1CCCCCCCBr. The van der Waals surface area contributed by atoms with Crippen LogP contribution in [0.1, 0.15) is 37.7 Å². The summed E-state index contributed by atoms with van der Waals surface area (Å²) in [6.07, 6.45) is 7.34. The highest BCUT2D eigenvalue weighted by atomic mass is 79.9. The van der Waals surface area contributed by atoms with Crippen molar-refractivity contribution in [3.8, 4) is 5.75 Å². The first kappa shape index (κ1) is 12.6. The summed E-state index contributed by atoms with van der Waals surface area (Å²) in [5.74, 6) is 0.443. The smallest absolute Gasteiger partial charge is 0.118 e. The molecule has 0 unspecified atom stereocenters. The fourth-order valence-corrected chi connectivity index (χ4v) is 2.06. The predicted molar refractivity (Wildman–Crippen MR) is 68.7 cm³/mol. The Labute approximate surface area is 101 Å². The van der Waals surface area contributed by atoms with Crippen molar-refractivity contribution in [3.63, 3.8) is 0 Å². The second-order valence-electron chi connectivity index (χ2n) is 3.84. The highest BCUT2D eigenvalue weighted by Crippen LogP contribution is 2.18. The van der Waals surface area contributed by atoms with E-state index in [9.17, 15) is 5.11 Å². The van der Waals surface area contributed by atoms with Gasteiger partial charge in [-0.25, -0.2) is 0 Å². The Morgan fingerprint density at radius 2 is 1.60 bits per heavy atom. The Morgan fingerprint density at radius 1 is 0.933 bits per heavy atom. The molecule has 0 fully saturated rings. The maximum atomic E-state index is 9.55. The van der Waals surface area contributed by atoms with Gasteiger partial charge < -0.3 is 5.11 Å². The second-order valence-corrected chi connectivity index (χ2v) is 4.63. The Morgan fingerprint density at radius 3 is 2.33 bits per heavy atom. The van der Waals surface area contributed by atoms with Crippen LogP contribution in [0.25, 0.3) is 0 Å². The van der Waals surface area contributed by atoms with Gasteiger partial charge in [0.2, 0.25) is 0 Å². The second kappa shape index (κ2) is 7.75. The number of aromatic hydroxyl groups is 1. The third-order valence-electron chi connectivity index (χ3n) is 2.57. The summed E-state index contributed by atoms with van der Waals surface area (Å²) in [5, 5.41) is 10.7. The van der Waals surface area contributed by atoms with Crippen LogP contribution in [-0.2, 0) is 6.42 Å². The Balaban J connectivity index is 2.12. The van der Waals surface area contributed by atoms with E-state index in [1.165, 1.54) is 32.1 Å². The van der Waals surface area contributed by atoms with E-state index in [0.29, 0.717) is 5.75 Å². The van der Waals surface area contributed by atoms with Gasteiger partial charge in [0.05, 0.1) is 0 Å². The first-order chi connectivity index (χ1) is 7.34. The van der Waals surface area contributed by atoms with E-state index in [-0.39, 0.29) is 0 Å². The Bertz CT molecular complexity index is 273. The van der Waals surface area contributed by atoms with Crippen molar-refractivity contribution in [1.82, 2.24) is 0 Å². The lowest BCUT2D eigenvalue weighted by Gasteiger charge is -2.03. The number of alkyl halides is 1. The molecule has 0 bridgehead atoms. The van der Waals surface area contributed by atoms with Gasteiger partial charge in [-0.15, -0.1) is 0 Å². The third kappa shape index (κ3) is 5.22. The van der Waals surface area contributed by atoms with E-state index in [2.05, 4.69) is 15.9 Å². The van der Waals surface area contributed by atoms with Crippen molar-refractivity contribution in [2.24, 2.45) is 0 Å². The average molecular weight is 271 g/mol. The molecular formula is C13H19BrO. The monoisotopic (exact) mass is 270 g/mol. The van der Waals surface area contributed by atoms with Crippen molar-refractivity contribution in [2.75, 3.05) is 5.33 Å². The molecule has 1 nitrogen and oxygen atoms in total. The molecule has 0 aliphatic rings. The van der Waals surface area contributed by atoms with E-state index in [0.717, 1.165) is 17.3 Å². The van der Waals surface area contributed by atoms with Crippen LogP contribution in [0.2, 0.25) is 0 Å². The zero-order chi connectivity index (χ0) is 10.9. The average Bonchev–Trinajstić information content (AvgIpc) is 2.25. The lowest BCUT2D eigenvalue weighted by Crippen LogP contribution is -1.87. The van der Waals surface area contributed by atoms with Crippen LogP contribution in [-0.4, -0.2) is 10.4 Å². The molecular weight excluding hydrogens is 252 g/mol. The number of phenolic OH excluding ortho intramolecular Hbond substituents is 1. The number of aryl methyl sites for hydroxylation is 1. The van der Waals surface area contributed by atoms with Gasteiger partial charge in [-0.3, -0.25) is 0 Å². The number of benzene rings is 1. The number of hydrogen-bond acceptors (Lipinski definition) is 1. The highest BCUT2D eigenvalue weighted by Gasteiger charge is 1.98. The lowest BCUT2D eigenvalue weighted by molar-refractivity contribution is 0.466. The fourth-order valence-electron chi connectivity index (χ4n) is 1.66. The summed E-state index contributed by atoms with van der Waals surface area (Å²) in [7, 11) is 0. The molecule has 0 atom stereocenters. The van der Waals surface area contributed by atoms with Crippen LogP contribution >= 0.6 is 15.9 Å². The van der Waals surface area contributed by atoms with Crippen molar-refractivity contribution in [2.45, 2.75) is 38.5 Å². The maximum absolute atomic E-state index is 9.55. The van der Waals surface area contributed by atoms with Gasteiger partial charge in [0.15, 0.2) is 0 Å². The van der Waals surface area contributed by atoms with Gasteiger partial charge in [0.1, 0.15) is 5.75 Å². The van der Waals surface area contributed by atoms with Crippen LogP contribution in [0.5, 0.6) is 5.75 Å². The van der Waals surface area contributed by atoms with Crippen LogP contribution < -0.4 is 0 Å². The van der Waals surface area contributed by atoms with E-state index >= 15 is 0 Å². The minimum Gasteiger partial charge on any atom is -0.508 e. The summed E-state index contributed by atoms with van der Waals surface area (Å²) in [4.78, 5) is 0. The number of phenols is 1. The van der Waals surface area contributed by atoms with Crippen LogP contribution in [0.4, 0.5) is 0 Å². The molecule has 0 radical (unpaired) electrons. The molecule has 1 aromatic carbocycles. The lowest BCUT2D eigenvalue weighted by atomic mass is 10.0. The number of hydrogen-bond donors (Lipinski definition) is 1. The molecule has 0 aliphatic carbocycles. The molecule has 0 aliphatic heterocycles. The van der Waals surface area contributed by atoms with Gasteiger partial charge in [-0.2, -0.15) is 0 Å². The summed E-state index contributed by atoms with van der Waals surface area (Å²) < 4.78 is 0. The number of halogens is 1. The van der Waals surface area contributed by atoms with E-state index in [4.69, 9.17) is 0 Å². The minimum absolute atomic E-state index is 0.443. The van der Waals surface area contributed by atoms with Crippen LogP contribution in [0.3, 0.4) is 0 Å². The molecule has 0 spiro atoms. The normalized spacial score (nSPS) is 10.5. The summed E-state index contributed by atoms with van der Waals surface area (Å²) >= 11 is 3.43. The first-order valence-corrected chi connectivity index (χ1v) is 6.79. The quantitative estimate of drug-likeness (QED) is 0.579. The third-order valence-corrected chi connectivity index (χ3v) is 3.13. The molecule has 1 rings (SSSR count). The van der Waals surface area contributed by atoms with Crippen molar-refractivity contribution in [1.29, 1.82) is 0 Å². The topological polar surface area (TPSA) is 20.2 Å². The highest BCUT2D eigenvalue weighted by molar-refractivity contribution is 9.09. The predicted octanol–water partition coefficient (Wildman–Crippen LogP) is 4.28. The zero-order valence-electron chi connectivity index (χ0n) is 9.08. The van der Waals surface area contributed by atoms with Gasteiger partial charge in [-0.1, -0.05) is 53.4 Å². The van der Waals surface area contributed by atoms with Gasteiger partial charge in [0, 0.05) is 5.33 Å². The minimum atomic E-state index is 0.443. The molecule has 2 heteroatoms. The molecule has 84 valence electrons. The molecule has 0 amide bonds. The summed E-state index contributed by atoms with van der Waals surface area (Å²) in [6.45, 7) is 0. The number of unbranched alkanes of at least 4 members (excludes halogenated alkanes) is 4. The number of para-hydroxylation sites is 1. The zero-order valence-corrected chi connectivity index (χ0v) is 10.7. The standard InChI is InChI=1S/C13H19BrO/c14-11-7-3-1-2-4-8-12-9-5-6-10-13(12)15/h5-6,9-10,15H,1-4,7-8,11H2. The van der Waals surface area contributed by atoms with Crippen LogP contribution in [0, 0.1) is 0 Å². The van der Waals surface area contributed by atoms with Gasteiger partial charge >= 0.3 is 0 Å². The molecule has 0 aromatic heterocycles. The first-order valence-electron chi connectivity index (χ1n) is 5.67. The molecule has 0 saturated carbocycles. The molecule has 1 N–H and O–H groups in total. The summed E-state index contributed by atoms with van der Waals surface area (Å²) in [5.41, 5.74) is 1.08. The van der Waals surface area contributed by atoms with Crippen molar-refractivity contribution < 1.29 is 5.11 Å². The maximum Gasteiger partial charge on any atom is 0.118 e. The van der Waals surface area contributed by atoms with Crippen molar-refractivity contribution >= 4 is 15.9 Å². The van der Waals surface area contributed by atoms with Crippen LogP contribution in [0.15, 0.2) is 24.3 Å². The van der Waals surface area contributed by atoms with E-state index < -0.39 is 0 Å². The molecule has 0 heterocycles. The summed E-state index contributed by atoms with van der Waals surface area (Å²) in [6, 6.07) is 7.63. The Hall–Kier alpha value is -0.500. The van der Waals surface area contributed by atoms with Crippen molar-refractivity contribution in [3.05, 3.63) is 29.8 Å². The fraction of sp³-hybridized carbons (Fsp3) is 0.538. The van der Waals surface area contributed by atoms with E-state index in [1.54, 1.807) is 6.07 Å². The van der Waals surface area contributed by atoms with E-state index in [1.807, 2.05) is 18.2 Å². The van der Waals surface area contributed by atoms with Gasteiger partial charge in [0.25, 0.3) is 0 Å².